The summed E-state index contributed by atoms with van der Waals surface area (Å²) in [5.74, 6) is -0.221. The first-order valence-corrected chi connectivity index (χ1v) is 7.98. The second kappa shape index (κ2) is 7.06. The second-order valence-corrected chi connectivity index (χ2v) is 7.05. The van der Waals surface area contributed by atoms with Crippen molar-refractivity contribution >= 4 is 33.2 Å². The van der Waals surface area contributed by atoms with E-state index in [0.29, 0.717) is 12.3 Å². The van der Waals surface area contributed by atoms with Crippen molar-refractivity contribution in [2.24, 2.45) is 0 Å². The summed E-state index contributed by atoms with van der Waals surface area (Å²) in [6.45, 7) is 1.42. The van der Waals surface area contributed by atoms with E-state index in [1.807, 2.05) is 7.05 Å². The summed E-state index contributed by atoms with van der Waals surface area (Å²) >= 11 is 5.11. The number of carboxylic acids is 1. The third-order valence-corrected chi connectivity index (χ3v) is 4.60. The van der Waals surface area contributed by atoms with Gasteiger partial charge >= 0.3 is 5.97 Å². The van der Waals surface area contributed by atoms with Crippen LogP contribution in [0.25, 0.3) is 0 Å². The molecular formula is C15H16BrNO3S. The zero-order chi connectivity index (χ0) is 15.4. The lowest BCUT2D eigenvalue weighted by Gasteiger charge is -2.18. The molecule has 0 saturated carbocycles. The van der Waals surface area contributed by atoms with Crippen molar-refractivity contribution in [3.05, 3.63) is 50.1 Å². The van der Waals surface area contributed by atoms with Gasteiger partial charge in [0.05, 0.1) is 16.5 Å². The molecule has 1 aromatic heterocycles. The van der Waals surface area contributed by atoms with Gasteiger partial charge in [-0.05, 0) is 58.2 Å². The highest BCUT2D eigenvalue weighted by Gasteiger charge is 2.11. The Morgan fingerprint density at radius 2 is 2.14 bits per heavy atom. The van der Waals surface area contributed by atoms with Gasteiger partial charge in [-0.2, -0.15) is 0 Å². The lowest BCUT2D eigenvalue weighted by molar-refractivity contribution is 0.0696. The number of hydrogen-bond donors (Lipinski definition) is 1. The van der Waals surface area contributed by atoms with Gasteiger partial charge in [0.2, 0.25) is 0 Å². The number of hydrogen-bond acceptors (Lipinski definition) is 4. The molecule has 21 heavy (non-hydrogen) atoms. The molecule has 2 rings (SSSR count). The molecule has 112 valence electrons. The molecular weight excluding hydrogens is 354 g/mol. The quantitative estimate of drug-likeness (QED) is 0.839. The van der Waals surface area contributed by atoms with Crippen LogP contribution >= 0.6 is 27.3 Å². The molecule has 6 heteroatoms. The average molecular weight is 370 g/mol. The van der Waals surface area contributed by atoms with Gasteiger partial charge in [-0.3, -0.25) is 4.90 Å². The SMILES string of the molecule is COc1ccc(C(=O)O)cc1CN(C)Cc1csc(Br)c1. The maximum Gasteiger partial charge on any atom is 0.335 e. The Hall–Kier alpha value is -1.37. The Morgan fingerprint density at radius 3 is 2.71 bits per heavy atom. The number of halogens is 1. The largest absolute Gasteiger partial charge is 0.496 e. The van der Waals surface area contributed by atoms with Gasteiger partial charge < -0.3 is 9.84 Å². The summed E-state index contributed by atoms with van der Waals surface area (Å²) in [7, 11) is 3.59. The second-order valence-electron chi connectivity index (χ2n) is 4.76. The smallest absolute Gasteiger partial charge is 0.335 e. The molecule has 2 aromatic rings. The number of benzene rings is 1. The Bertz CT molecular complexity index is 642. The normalized spacial score (nSPS) is 10.9. The summed E-state index contributed by atoms with van der Waals surface area (Å²) in [6, 6.07) is 7.02. The maximum atomic E-state index is 11.1. The minimum absolute atomic E-state index is 0.275. The van der Waals surface area contributed by atoms with E-state index in [1.165, 1.54) is 5.56 Å². The van der Waals surface area contributed by atoms with E-state index in [9.17, 15) is 4.79 Å². The molecule has 0 unspecified atom stereocenters. The summed E-state index contributed by atoms with van der Waals surface area (Å²) in [5, 5.41) is 11.2. The molecule has 0 saturated heterocycles. The van der Waals surface area contributed by atoms with E-state index in [0.717, 1.165) is 15.9 Å². The monoisotopic (exact) mass is 369 g/mol. The van der Waals surface area contributed by atoms with Crippen LogP contribution in [0.15, 0.2) is 33.4 Å². The highest BCUT2D eigenvalue weighted by Crippen LogP contribution is 2.24. The highest BCUT2D eigenvalue weighted by molar-refractivity contribution is 9.11. The van der Waals surface area contributed by atoms with Crippen LogP contribution in [-0.2, 0) is 13.1 Å². The predicted octanol–water partition coefficient (Wildman–Crippen LogP) is 3.85. The zero-order valence-corrected chi connectivity index (χ0v) is 14.2. The minimum atomic E-state index is -0.927. The van der Waals surface area contributed by atoms with Gasteiger partial charge in [0, 0.05) is 18.7 Å². The first kappa shape index (κ1) is 16.0. The summed E-state index contributed by atoms with van der Waals surface area (Å²) in [4.78, 5) is 13.2. The minimum Gasteiger partial charge on any atom is -0.496 e. The lowest BCUT2D eigenvalue weighted by Crippen LogP contribution is -2.17. The molecule has 0 aliphatic rings. The van der Waals surface area contributed by atoms with E-state index in [4.69, 9.17) is 9.84 Å². The van der Waals surface area contributed by atoms with Crippen LogP contribution in [0.1, 0.15) is 21.5 Å². The number of thiophene rings is 1. The molecule has 0 radical (unpaired) electrons. The van der Waals surface area contributed by atoms with Crippen LogP contribution < -0.4 is 4.74 Å². The summed E-state index contributed by atoms with van der Waals surface area (Å²) in [5.41, 5.74) is 2.37. The third-order valence-electron chi connectivity index (χ3n) is 3.04. The van der Waals surface area contributed by atoms with Crippen molar-refractivity contribution in [1.82, 2.24) is 4.90 Å². The van der Waals surface area contributed by atoms with E-state index in [2.05, 4.69) is 32.3 Å². The van der Waals surface area contributed by atoms with Crippen LogP contribution in [0.2, 0.25) is 0 Å². The molecule has 1 N–H and O–H groups in total. The van der Waals surface area contributed by atoms with Gasteiger partial charge in [-0.25, -0.2) is 4.79 Å². The van der Waals surface area contributed by atoms with Crippen LogP contribution in [0.4, 0.5) is 0 Å². The fourth-order valence-electron chi connectivity index (χ4n) is 2.12. The summed E-state index contributed by atoms with van der Waals surface area (Å²) < 4.78 is 6.42. The molecule has 0 atom stereocenters. The number of nitrogens with zero attached hydrogens (tertiary/aromatic N) is 1. The highest BCUT2D eigenvalue weighted by atomic mass is 79.9. The van der Waals surface area contributed by atoms with Gasteiger partial charge in [0.1, 0.15) is 5.75 Å². The number of carbonyl (C=O) groups is 1. The van der Waals surface area contributed by atoms with Gasteiger partial charge in [-0.1, -0.05) is 0 Å². The molecule has 0 aliphatic heterocycles. The number of aromatic carboxylic acids is 1. The third kappa shape index (κ3) is 4.30. The predicted molar refractivity (Wildman–Crippen MR) is 87.1 cm³/mol. The first-order chi connectivity index (χ1) is 9.99. The Kier molecular flexibility index (Phi) is 5.39. The number of methoxy groups -OCH3 is 1. The number of carboxylic acid groups (broad SMARTS) is 1. The van der Waals surface area contributed by atoms with Gasteiger partial charge in [0.15, 0.2) is 0 Å². The zero-order valence-electron chi connectivity index (χ0n) is 11.8. The fraction of sp³-hybridized carbons (Fsp3) is 0.267. The van der Waals surface area contributed by atoms with Gasteiger partial charge in [0.25, 0.3) is 0 Å². The van der Waals surface area contributed by atoms with Crippen molar-refractivity contribution in [1.29, 1.82) is 0 Å². The molecule has 0 aliphatic carbocycles. The van der Waals surface area contributed by atoms with Crippen LogP contribution in [0, 0.1) is 0 Å². The van der Waals surface area contributed by atoms with E-state index in [-0.39, 0.29) is 5.56 Å². The van der Waals surface area contributed by atoms with Crippen molar-refractivity contribution < 1.29 is 14.6 Å². The van der Waals surface area contributed by atoms with E-state index >= 15 is 0 Å². The molecule has 1 aromatic carbocycles. The number of rotatable bonds is 6. The molecule has 4 nitrogen and oxygen atoms in total. The Balaban J connectivity index is 2.13. The number of ether oxygens (including phenoxy) is 1. The van der Waals surface area contributed by atoms with Crippen LogP contribution in [-0.4, -0.2) is 30.1 Å². The standard InChI is InChI=1S/C15H16BrNO3S/c1-17(7-10-5-14(16)21-9-10)8-12-6-11(15(18)19)3-4-13(12)20-2/h3-6,9H,7-8H2,1-2H3,(H,18,19). The van der Waals surface area contributed by atoms with Crippen molar-refractivity contribution in [2.75, 3.05) is 14.2 Å². The topological polar surface area (TPSA) is 49.8 Å². The summed E-state index contributed by atoms with van der Waals surface area (Å²) in [6.07, 6.45) is 0. The van der Waals surface area contributed by atoms with Crippen LogP contribution in [0.5, 0.6) is 5.75 Å². The molecule has 0 amide bonds. The van der Waals surface area contributed by atoms with Gasteiger partial charge in [-0.15, -0.1) is 11.3 Å². The Morgan fingerprint density at radius 1 is 1.38 bits per heavy atom. The van der Waals surface area contributed by atoms with E-state index < -0.39 is 5.97 Å². The molecule has 0 spiro atoms. The first-order valence-electron chi connectivity index (χ1n) is 6.31. The molecule has 1 heterocycles. The fourth-order valence-corrected chi connectivity index (χ4v) is 3.32. The van der Waals surface area contributed by atoms with Crippen molar-refractivity contribution in [2.45, 2.75) is 13.1 Å². The average Bonchev–Trinajstić information content (AvgIpc) is 2.83. The van der Waals surface area contributed by atoms with E-state index in [1.54, 1.807) is 36.6 Å². The molecule has 0 fully saturated rings. The maximum absolute atomic E-state index is 11.1. The Labute approximate surface area is 136 Å². The van der Waals surface area contributed by atoms with Crippen molar-refractivity contribution in [3.8, 4) is 5.75 Å². The van der Waals surface area contributed by atoms with Crippen LogP contribution in [0.3, 0.4) is 0 Å². The van der Waals surface area contributed by atoms with Crippen molar-refractivity contribution in [3.63, 3.8) is 0 Å². The lowest BCUT2D eigenvalue weighted by atomic mass is 10.1. The molecule has 0 bridgehead atoms.